The number of nitrogens with one attached hydrogen (secondary N) is 1. The lowest BCUT2D eigenvalue weighted by Gasteiger charge is -2.10. The molecule has 0 spiro atoms. The molecule has 0 aromatic heterocycles. The van der Waals surface area contributed by atoms with E-state index in [1.54, 1.807) is 0 Å². The van der Waals surface area contributed by atoms with Crippen LogP contribution in [0, 0.1) is 0 Å². The van der Waals surface area contributed by atoms with Crippen molar-refractivity contribution in [2.45, 2.75) is 32.6 Å². The van der Waals surface area contributed by atoms with Gasteiger partial charge in [-0.25, -0.2) is 0 Å². The highest BCUT2D eigenvalue weighted by atomic mass is 16.1. The number of rotatable bonds is 3. The summed E-state index contributed by atoms with van der Waals surface area (Å²) in [6.45, 7) is 2.02. The molecule has 18 heavy (non-hydrogen) atoms. The van der Waals surface area contributed by atoms with Gasteiger partial charge in [0.25, 0.3) is 0 Å². The van der Waals surface area contributed by atoms with E-state index in [0.29, 0.717) is 6.42 Å². The number of carbonyl (C=O) groups excluding carboxylic acids is 1. The van der Waals surface area contributed by atoms with Crippen LogP contribution in [0.15, 0.2) is 30.3 Å². The first-order chi connectivity index (χ1) is 8.79. The quantitative estimate of drug-likeness (QED) is 0.869. The lowest BCUT2D eigenvalue weighted by Crippen LogP contribution is -2.10. The van der Waals surface area contributed by atoms with Crippen LogP contribution >= 0.6 is 0 Å². The Morgan fingerprint density at radius 3 is 2.72 bits per heavy atom. The maximum absolute atomic E-state index is 11.7. The molecule has 2 aromatic carbocycles. The molecule has 1 amide bonds. The lowest BCUT2D eigenvalue weighted by atomic mass is 10.0. The lowest BCUT2D eigenvalue weighted by molar-refractivity contribution is -0.116. The zero-order valence-electron chi connectivity index (χ0n) is 10.6. The SMILES string of the molecule is CCCC(=O)Nc1ccc2c3c(cccc13)CC2. The third-order valence-corrected chi connectivity index (χ3v) is 3.63. The van der Waals surface area contributed by atoms with Gasteiger partial charge in [-0.05, 0) is 41.8 Å². The van der Waals surface area contributed by atoms with Gasteiger partial charge in [-0.1, -0.05) is 31.2 Å². The Kier molecular flexibility index (Phi) is 2.78. The summed E-state index contributed by atoms with van der Waals surface area (Å²) in [5.74, 6) is 0.108. The third kappa shape index (κ3) is 1.78. The van der Waals surface area contributed by atoms with Crippen LogP contribution in [0.4, 0.5) is 5.69 Å². The van der Waals surface area contributed by atoms with Gasteiger partial charge in [-0.3, -0.25) is 4.79 Å². The van der Waals surface area contributed by atoms with Crippen molar-refractivity contribution in [2.24, 2.45) is 0 Å². The zero-order chi connectivity index (χ0) is 12.5. The summed E-state index contributed by atoms with van der Waals surface area (Å²) in [5.41, 5.74) is 3.78. The van der Waals surface area contributed by atoms with Gasteiger partial charge in [0.15, 0.2) is 0 Å². The van der Waals surface area contributed by atoms with Crippen molar-refractivity contribution < 1.29 is 4.79 Å². The highest BCUT2D eigenvalue weighted by molar-refractivity contribution is 6.05. The Morgan fingerprint density at radius 1 is 1.17 bits per heavy atom. The summed E-state index contributed by atoms with van der Waals surface area (Å²) in [5, 5.41) is 5.57. The van der Waals surface area contributed by atoms with Crippen molar-refractivity contribution in [3.8, 4) is 0 Å². The van der Waals surface area contributed by atoms with E-state index in [-0.39, 0.29) is 5.91 Å². The Bertz CT molecular complexity index is 606. The fourth-order valence-electron chi connectivity index (χ4n) is 2.80. The average molecular weight is 239 g/mol. The molecule has 1 aliphatic rings. The molecule has 0 fully saturated rings. The second-order valence-corrected chi connectivity index (χ2v) is 4.91. The number of hydrogen-bond donors (Lipinski definition) is 1. The van der Waals surface area contributed by atoms with Crippen molar-refractivity contribution in [2.75, 3.05) is 5.32 Å². The molecular weight excluding hydrogens is 222 g/mol. The molecule has 2 aromatic rings. The van der Waals surface area contributed by atoms with Crippen molar-refractivity contribution in [3.05, 3.63) is 41.5 Å². The second-order valence-electron chi connectivity index (χ2n) is 4.91. The van der Waals surface area contributed by atoms with Crippen LogP contribution in [0.2, 0.25) is 0 Å². The van der Waals surface area contributed by atoms with Crippen LogP contribution in [0.1, 0.15) is 30.9 Å². The van der Waals surface area contributed by atoms with E-state index in [2.05, 4.69) is 29.6 Å². The molecule has 2 nitrogen and oxygen atoms in total. The largest absolute Gasteiger partial charge is 0.326 e. The molecule has 2 heteroatoms. The van der Waals surface area contributed by atoms with E-state index in [1.165, 1.54) is 21.9 Å². The second kappa shape index (κ2) is 4.45. The van der Waals surface area contributed by atoms with Crippen LogP contribution < -0.4 is 5.32 Å². The summed E-state index contributed by atoms with van der Waals surface area (Å²) in [4.78, 5) is 11.7. The van der Waals surface area contributed by atoms with Gasteiger partial charge >= 0.3 is 0 Å². The van der Waals surface area contributed by atoms with E-state index < -0.39 is 0 Å². The van der Waals surface area contributed by atoms with E-state index in [9.17, 15) is 4.79 Å². The molecule has 0 bridgehead atoms. The summed E-state index contributed by atoms with van der Waals surface area (Å²) in [6, 6.07) is 10.6. The first kappa shape index (κ1) is 11.3. The molecule has 0 radical (unpaired) electrons. The molecule has 0 atom stereocenters. The topological polar surface area (TPSA) is 29.1 Å². The van der Waals surface area contributed by atoms with Crippen LogP contribution in [0.3, 0.4) is 0 Å². The van der Waals surface area contributed by atoms with Gasteiger partial charge in [0, 0.05) is 17.5 Å². The first-order valence-electron chi connectivity index (χ1n) is 6.63. The molecule has 0 saturated carbocycles. The number of anilines is 1. The van der Waals surface area contributed by atoms with Gasteiger partial charge in [0.2, 0.25) is 5.91 Å². The molecule has 92 valence electrons. The van der Waals surface area contributed by atoms with E-state index in [1.807, 2.05) is 13.0 Å². The first-order valence-corrected chi connectivity index (χ1v) is 6.63. The maximum Gasteiger partial charge on any atom is 0.224 e. The highest BCUT2D eigenvalue weighted by Crippen LogP contribution is 2.34. The molecule has 0 aliphatic heterocycles. The van der Waals surface area contributed by atoms with Gasteiger partial charge in [0.05, 0.1) is 0 Å². The fraction of sp³-hybridized carbons (Fsp3) is 0.312. The average Bonchev–Trinajstić information content (AvgIpc) is 2.78. The molecule has 3 rings (SSSR count). The van der Waals surface area contributed by atoms with E-state index in [0.717, 1.165) is 24.9 Å². The van der Waals surface area contributed by atoms with E-state index >= 15 is 0 Å². The molecule has 0 unspecified atom stereocenters. The molecule has 0 saturated heterocycles. The van der Waals surface area contributed by atoms with Gasteiger partial charge in [-0.15, -0.1) is 0 Å². The Morgan fingerprint density at radius 2 is 1.94 bits per heavy atom. The Hall–Kier alpha value is -1.83. The van der Waals surface area contributed by atoms with Gasteiger partial charge < -0.3 is 5.32 Å². The van der Waals surface area contributed by atoms with Crippen LogP contribution in [-0.4, -0.2) is 5.91 Å². The van der Waals surface area contributed by atoms with Gasteiger partial charge in [0.1, 0.15) is 0 Å². The van der Waals surface area contributed by atoms with Crippen LogP contribution in [0.5, 0.6) is 0 Å². The minimum Gasteiger partial charge on any atom is -0.326 e. The predicted octanol–water partition coefficient (Wildman–Crippen LogP) is 3.68. The Labute approximate surface area is 107 Å². The fourth-order valence-corrected chi connectivity index (χ4v) is 2.80. The number of aryl methyl sites for hydroxylation is 2. The van der Waals surface area contributed by atoms with Crippen LogP contribution in [-0.2, 0) is 17.6 Å². The van der Waals surface area contributed by atoms with Crippen LogP contribution in [0.25, 0.3) is 10.8 Å². The van der Waals surface area contributed by atoms with E-state index in [4.69, 9.17) is 0 Å². The highest BCUT2D eigenvalue weighted by Gasteiger charge is 2.16. The third-order valence-electron chi connectivity index (χ3n) is 3.63. The predicted molar refractivity (Wildman–Crippen MR) is 74.9 cm³/mol. The maximum atomic E-state index is 11.7. The van der Waals surface area contributed by atoms with Gasteiger partial charge in [-0.2, -0.15) is 0 Å². The summed E-state index contributed by atoms with van der Waals surface area (Å²) in [7, 11) is 0. The molecule has 0 heterocycles. The summed E-state index contributed by atoms with van der Waals surface area (Å²) >= 11 is 0. The normalized spacial score (nSPS) is 12.9. The zero-order valence-corrected chi connectivity index (χ0v) is 10.6. The van der Waals surface area contributed by atoms with Crippen molar-refractivity contribution in [1.82, 2.24) is 0 Å². The van der Waals surface area contributed by atoms with Crippen molar-refractivity contribution in [1.29, 1.82) is 0 Å². The number of amides is 1. The Balaban J connectivity index is 2.06. The smallest absolute Gasteiger partial charge is 0.224 e. The summed E-state index contributed by atoms with van der Waals surface area (Å²) < 4.78 is 0. The standard InChI is InChI=1S/C16H17NO/c1-2-4-15(18)17-14-10-9-12-8-7-11-5-3-6-13(14)16(11)12/h3,5-6,9-10H,2,4,7-8H2,1H3,(H,17,18). The number of benzene rings is 2. The number of hydrogen-bond acceptors (Lipinski definition) is 1. The monoisotopic (exact) mass is 239 g/mol. The van der Waals surface area contributed by atoms with Crippen molar-refractivity contribution in [3.63, 3.8) is 0 Å². The summed E-state index contributed by atoms with van der Waals surface area (Å²) in [6.07, 6.45) is 3.72. The molecular formula is C16H17NO. The molecule has 1 aliphatic carbocycles. The minimum absolute atomic E-state index is 0.108. The van der Waals surface area contributed by atoms with Crippen molar-refractivity contribution >= 4 is 22.4 Å². The number of carbonyl (C=O) groups is 1. The minimum atomic E-state index is 0.108. The molecule has 1 N–H and O–H groups in total.